The molecule has 0 radical (unpaired) electrons. The molecular formula is C18H18N2O. The average molecular weight is 278 g/mol. The van der Waals surface area contributed by atoms with Crippen LogP contribution in [0.5, 0.6) is 5.75 Å². The Morgan fingerprint density at radius 2 is 1.90 bits per heavy atom. The molecule has 21 heavy (non-hydrogen) atoms. The highest BCUT2D eigenvalue weighted by Crippen LogP contribution is 2.28. The van der Waals surface area contributed by atoms with Crippen molar-refractivity contribution >= 4 is 10.9 Å². The van der Waals surface area contributed by atoms with Gasteiger partial charge in [0.05, 0.1) is 18.7 Å². The zero-order chi connectivity index (χ0) is 14.8. The van der Waals surface area contributed by atoms with Crippen LogP contribution < -0.4 is 10.5 Å². The van der Waals surface area contributed by atoms with Crippen molar-refractivity contribution in [2.24, 2.45) is 5.73 Å². The Balaban J connectivity index is 2.08. The molecule has 0 saturated heterocycles. The number of rotatable bonds is 3. The van der Waals surface area contributed by atoms with Crippen LogP contribution in [0.25, 0.3) is 10.9 Å². The van der Waals surface area contributed by atoms with E-state index in [-0.39, 0.29) is 6.04 Å². The van der Waals surface area contributed by atoms with Crippen LogP contribution in [-0.4, -0.2) is 12.1 Å². The van der Waals surface area contributed by atoms with Crippen LogP contribution in [0.4, 0.5) is 0 Å². The van der Waals surface area contributed by atoms with Crippen LogP contribution in [0.2, 0.25) is 0 Å². The number of hydrogen-bond donors (Lipinski definition) is 1. The quantitative estimate of drug-likeness (QED) is 0.796. The summed E-state index contributed by atoms with van der Waals surface area (Å²) in [5.41, 5.74) is 10.6. The van der Waals surface area contributed by atoms with Crippen molar-refractivity contribution < 1.29 is 4.74 Å². The third-order valence-electron chi connectivity index (χ3n) is 3.78. The van der Waals surface area contributed by atoms with Crippen molar-refractivity contribution in [1.82, 2.24) is 4.98 Å². The molecule has 1 heterocycles. The highest BCUT2D eigenvalue weighted by Gasteiger charge is 2.14. The fourth-order valence-corrected chi connectivity index (χ4v) is 2.65. The van der Waals surface area contributed by atoms with Crippen molar-refractivity contribution in [1.29, 1.82) is 0 Å². The molecule has 3 nitrogen and oxygen atoms in total. The zero-order valence-electron chi connectivity index (χ0n) is 12.2. The van der Waals surface area contributed by atoms with Gasteiger partial charge < -0.3 is 10.5 Å². The van der Waals surface area contributed by atoms with Crippen molar-refractivity contribution in [3.63, 3.8) is 0 Å². The fourth-order valence-electron chi connectivity index (χ4n) is 2.65. The number of aromatic nitrogens is 1. The summed E-state index contributed by atoms with van der Waals surface area (Å²) < 4.78 is 5.30. The number of para-hydroxylation sites is 1. The zero-order valence-corrected chi connectivity index (χ0v) is 12.2. The summed E-state index contributed by atoms with van der Waals surface area (Å²) in [4.78, 5) is 4.48. The van der Waals surface area contributed by atoms with Crippen LogP contribution in [-0.2, 0) is 0 Å². The van der Waals surface area contributed by atoms with Gasteiger partial charge in [-0.25, -0.2) is 0 Å². The minimum Gasteiger partial charge on any atom is -0.496 e. The number of nitrogens with zero attached hydrogens (tertiary/aromatic N) is 1. The largest absolute Gasteiger partial charge is 0.496 e. The fraction of sp³-hybridized carbons (Fsp3) is 0.167. The second kappa shape index (κ2) is 5.54. The maximum absolute atomic E-state index is 6.46. The van der Waals surface area contributed by atoms with Gasteiger partial charge in [0.25, 0.3) is 0 Å². The molecule has 0 fully saturated rings. The number of pyridine rings is 1. The maximum atomic E-state index is 6.46. The first-order valence-electron chi connectivity index (χ1n) is 6.94. The van der Waals surface area contributed by atoms with Gasteiger partial charge in [0.2, 0.25) is 0 Å². The van der Waals surface area contributed by atoms with Gasteiger partial charge in [0.1, 0.15) is 5.75 Å². The summed E-state index contributed by atoms with van der Waals surface area (Å²) in [6, 6.07) is 16.0. The number of benzene rings is 2. The standard InChI is InChI=1S/C18H18N2O/c1-12-11-14(8-9-16(12)21-2)17(19)15-7-3-5-13-6-4-10-20-18(13)15/h3-11,17H,19H2,1-2H3. The van der Waals surface area contributed by atoms with E-state index in [1.54, 1.807) is 13.3 Å². The lowest BCUT2D eigenvalue weighted by atomic mass is 9.96. The lowest BCUT2D eigenvalue weighted by molar-refractivity contribution is 0.411. The van der Waals surface area contributed by atoms with E-state index in [2.05, 4.69) is 23.2 Å². The Hall–Kier alpha value is -2.39. The molecule has 0 aliphatic heterocycles. The van der Waals surface area contributed by atoms with E-state index in [0.29, 0.717) is 0 Å². The SMILES string of the molecule is COc1ccc(C(N)c2cccc3cccnc23)cc1C. The van der Waals surface area contributed by atoms with Gasteiger partial charge in [-0.2, -0.15) is 0 Å². The molecule has 1 unspecified atom stereocenters. The first-order valence-corrected chi connectivity index (χ1v) is 6.94. The minimum atomic E-state index is -0.201. The third kappa shape index (κ3) is 2.48. The molecule has 0 amide bonds. The van der Waals surface area contributed by atoms with Gasteiger partial charge in [-0.15, -0.1) is 0 Å². The summed E-state index contributed by atoms with van der Waals surface area (Å²) in [5.74, 6) is 0.877. The minimum absolute atomic E-state index is 0.201. The van der Waals surface area contributed by atoms with Gasteiger partial charge in [0, 0.05) is 11.6 Å². The highest BCUT2D eigenvalue weighted by atomic mass is 16.5. The molecule has 3 heteroatoms. The summed E-state index contributed by atoms with van der Waals surface area (Å²) in [6.45, 7) is 2.02. The topological polar surface area (TPSA) is 48.1 Å². The first kappa shape index (κ1) is 13.6. The number of aryl methyl sites for hydroxylation is 1. The summed E-state index contributed by atoms with van der Waals surface area (Å²) in [7, 11) is 1.68. The number of ether oxygens (including phenoxy) is 1. The molecule has 0 bridgehead atoms. The van der Waals surface area contributed by atoms with E-state index in [0.717, 1.165) is 33.3 Å². The Morgan fingerprint density at radius 1 is 1.10 bits per heavy atom. The summed E-state index contributed by atoms with van der Waals surface area (Å²) in [6.07, 6.45) is 1.80. The first-order chi connectivity index (χ1) is 10.2. The Labute approximate surface area is 124 Å². The van der Waals surface area contributed by atoms with E-state index in [1.165, 1.54) is 0 Å². The Morgan fingerprint density at radius 3 is 2.67 bits per heavy atom. The second-order valence-corrected chi connectivity index (χ2v) is 5.13. The van der Waals surface area contributed by atoms with Crippen LogP contribution in [0.15, 0.2) is 54.7 Å². The Kier molecular flexibility index (Phi) is 3.59. The van der Waals surface area contributed by atoms with E-state index < -0.39 is 0 Å². The number of methoxy groups -OCH3 is 1. The average Bonchev–Trinajstić information content (AvgIpc) is 2.53. The van der Waals surface area contributed by atoms with Gasteiger partial charge in [-0.1, -0.05) is 36.4 Å². The van der Waals surface area contributed by atoms with Crippen LogP contribution in [0.3, 0.4) is 0 Å². The second-order valence-electron chi connectivity index (χ2n) is 5.13. The molecule has 0 spiro atoms. The molecule has 0 aliphatic rings. The smallest absolute Gasteiger partial charge is 0.121 e. The van der Waals surface area contributed by atoms with Gasteiger partial charge >= 0.3 is 0 Å². The van der Waals surface area contributed by atoms with E-state index >= 15 is 0 Å². The molecule has 0 aliphatic carbocycles. The van der Waals surface area contributed by atoms with Crippen LogP contribution in [0, 0.1) is 6.92 Å². The number of nitrogens with two attached hydrogens (primary N) is 1. The predicted molar refractivity (Wildman–Crippen MR) is 85.5 cm³/mol. The molecule has 1 atom stereocenters. The van der Waals surface area contributed by atoms with Crippen LogP contribution in [0.1, 0.15) is 22.7 Å². The van der Waals surface area contributed by atoms with Gasteiger partial charge in [-0.05, 0) is 35.7 Å². The molecule has 3 rings (SSSR count). The predicted octanol–water partition coefficient (Wildman–Crippen LogP) is 3.60. The Bertz CT molecular complexity index is 778. The molecule has 0 saturated carbocycles. The molecule has 2 aromatic carbocycles. The van der Waals surface area contributed by atoms with Crippen molar-refractivity contribution in [2.75, 3.05) is 7.11 Å². The van der Waals surface area contributed by atoms with Gasteiger partial charge in [-0.3, -0.25) is 4.98 Å². The normalized spacial score (nSPS) is 12.3. The van der Waals surface area contributed by atoms with Crippen LogP contribution >= 0.6 is 0 Å². The summed E-state index contributed by atoms with van der Waals surface area (Å²) in [5, 5.41) is 1.11. The van der Waals surface area contributed by atoms with E-state index in [4.69, 9.17) is 10.5 Å². The van der Waals surface area contributed by atoms with Gasteiger partial charge in [0.15, 0.2) is 0 Å². The van der Waals surface area contributed by atoms with Crippen molar-refractivity contribution in [2.45, 2.75) is 13.0 Å². The molecule has 1 aromatic heterocycles. The number of hydrogen-bond acceptors (Lipinski definition) is 3. The molecule has 2 N–H and O–H groups in total. The monoisotopic (exact) mass is 278 g/mol. The highest BCUT2D eigenvalue weighted by molar-refractivity contribution is 5.82. The third-order valence-corrected chi connectivity index (χ3v) is 3.78. The van der Waals surface area contributed by atoms with E-state index in [9.17, 15) is 0 Å². The van der Waals surface area contributed by atoms with E-state index in [1.807, 2.05) is 37.3 Å². The summed E-state index contributed by atoms with van der Waals surface area (Å²) >= 11 is 0. The van der Waals surface area contributed by atoms with Crippen molar-refractivity contribution in [3.8, 4) is 5.75 Å². The van der Waals surface area contributed by atoms with Crippen molar-refractivity contribution in [3.05, 3.63) is 71.4 Å². The maximum Gasteiger partial charge on any atom is 0.121 e. The lowest BCUT2D eigenvalue weighted by Gasteiger charge is -2.16. The number of fused-ring (bicyclic) bond motifs is 1. The molecular weight excluding hydrogens is 260 g/mol. The lowest BCUT2D eigenvalue weighted by Crippen LogP contribution is -2.13. The molecule has 3 aromatic rings. The molecule has 106 valence electrons.